The molecule has 1 fully saturated rings. The molecule has 1 aliphatic heterocycles. The van der Waals surface area contributed by atoms with Crippen LogP contribution < -0.4 is 5.32 Å². The molecule has 25 heavy (non-hydrogen) atoms. The molecule has 1 saturated heterocycles. The van der Waals surface area contributed by atoms with E-state index in [0.717, 1.165) is 21.1 Å². The highest BCUT2D eigenvalue weighted by Gasteiger charge is 2.65. The molecule has 1 unspecified atom stereocenters. The minimum atomic E-state index is -3.05. The van der Waals surface area contributed by atoms with Crippen molar-refractivity contribution in [3.05, 3.63) is 0 Å². The standard InChI is InChI=1S/C13H23NO11/c1-6(16)14-8-9(13(22,24-3)7(17)4-15)25-12(21,10(18)19)5-11(8,20)23-2/h7-9,15,17,20-22H,4-5H2,1-3H3,(H,14,16)(H,18,19)/t7-,8+,9-,11-,12?,13+/m1/s1. The highest BCUT2D eigenvalue weighted by atomic mass is 16.7. The number of carboxylic acid groups (broad SMARTS) is 1. The average molecular weight is 369 g/mol. The molecule has 0 aromatic rings. The lowest BCUT2D eigenvalue weighted by atomic mass is 9.83. The van der Waals surface area contributed by atoms with Gasteiger partial charge < -0.3 is 50.2 Å². The molecule has 146 valence electrons. The van der Waals surface area contributed by atoms with Gasteiger partial charge in [0, 0.05) is 21.1 Å². The Bertz CT molecular complexity index is 516. The number of aliphatic hydroxyl groups is 5. The third kappa shape index (κ3) is 3.91. The number of methoxy groups -OCH3 is 2. The maximum absolute atomic E-state index is 11.5. The molecule has 0 aliphatic carbocycles. The Hall–Kier alpha value is -1.38. The molecule has 6 atom stereocenters. The Morgan fingerprint density at radius 2 is 1.96 bits per heavy atom. The number of aliphatic carboxylic acids is 1. The Balaban J connectivity index is 3.52. The average Bonchev–Trinajstić information content (AvgIpc) is 2.55. The van der Waals surface area contributed by atoms with Crippen LogP contribution in [0.4, 0.5) is 0 Å². The van der Waals surface area contributed by atoms with Gasteiger partial charge in [0.1, 0.15) is 18.2 Å². The largest absolute Gasteiger partial charge is 0.477 e. The fraction of sp³-hybridized carbons (Fsp3) is 0.846. The zero-order valence-corrected chi connectivity index (χ0v) is 13.9. The summed E-state index contributed by atoms with van der Waals surface area (Å²) in [4.78, 5) is 22.8. The van der Waals surface area contributed by atoms with Crippen LogP contribution in [-0.2, 0) is 23.8 Å². The summed E-state index contributed by atoms with van der Waals surface area (Å²) in [5.41, 5.74) is 0. The number of hydrogen-bond donors (Lipinski definition) is 7. The van der Waals surface area contributed by atoms with Crippen molar-refractivity contribution in [3.63, 3.8) is 0 Å². The van der Waals surface area contributed by atoms with Crippen LogP contribution in [-0.4, -0.2) is 99.0 Å². The van der Waals surface area contributed by atoms with Crippen molar-refractivity contribution in [1.82, 2.24) is 5.32 Å². The molecular weight excluding hydrogens is 346 g/mol. The van der Waals surface area contributed by atoms with E-state index >= 15 is 0 Å². The topological polar surface area (TPSA) is 195 Å². The molecule has 12 heteroatoms. The normalized spacial score (nSPS) is 36.3. The zero-order valence-electron chi connectivity index (χ0n) is 13.9. The van der Waals surface area contributed by atoms with Gasteiger partial charge in [0.15, 0.2) is 5.79 Å². The highest BCUT2D eigenvalue weighted by Crippen LogP contribution is 2.40. The summed E-state index contributed by atoms with van der Waals surface area (Å²) in [6.07, 6.45) is -5.14. The number of hydrogen-bond acceptors (Lipinski definition) is 10. The molecule has 0 aromatic heterocycles. The summed E-state index contributed by atoms with van der Waals surface area (Å²) in [6.45, 7) is 0.00731. The van der Waals surface area contributed by atoms with Crippen molar-refractivity contribution < 1.29 is 54.4 Å². The summed E-state index contributed by atoms with van der Waals surface area (Å²) < 4.78 is 14.6. The number of amides is 1. The number of rotatable bonds is 7. The van der Waals surface area contributed by atoms with Crippen LogP contribution >= 0.6 is 0 Å². The molecule has 0 saturated carbocycles. The van der Waals surface area contributed by atoms with E-state index in [-0.39, 0.29) is 0 Å². The van der Waals surface area contributed by atoms with Crippen LogP contribution in [0.25, 0.3) is 0 Å². The van der Waals surface area contributed by atoms with Gasteiger partial charge in [-0.15, -0.1) is 0 Å². The van der Waals surface area contributed by atoms with E-state index in [2.05, 4.69) is 5.32 Å². The summed E-state index contributed by atoms with van der Waals surface area (Å²) in [5.74, 6) is -11.0. The lowest BCUT2D eigenvalue weighted by Gasteiger charge is -2.52. The molecular formula is C13H23NO11. The van der Waals surface area contributed by atoms with E-state index in [9.17, 15) is 35.1 Å². The van der Waals surface area contributed by atoms with Crippen LogP contribution in [0, 0.1) is 0 Å². The third-order valence-corrected chi connectivity index (χ3v) is 4.04. The van der Waals surface area contributed by atoms with E-state index in [0.29, 0.717) is 0 Å². The number of ether oxygens (including phenoxy) is 3. The maximum atomic E-state index is 11.5. The van der Waals surface area contributed by atoms with Gasteiger partial charge in [-0.2, -0.15) is 0 Å². The fourth-order valence-electron chi connectivity index (χ4n) is 2.64. The number of carboxylic acids is 1. The Kier molecular flexibility index (Phi) is 6.47. The summed E-state index contributed by atoms with van der Waals surface area (Å²) in [6, 6.07) is -1.68. The van der Waals surface area contributed by atoms with Gasteiger partial charge in [-0.3, -0.25) is 4.79 Å². The maximum Gasteiger partial charge on any atom is 0.364 e. The summed E-state index contributed by atoms with van der Waals surface area (Å²) >= 11 is 0. The molecule has 1 rings (SSSR count). The predicted octanol–water partition coefficient (Wildman–Crippen LogP) is -3.92. The zero-order chi connectivity index (χ0) is 19.6. The SMILES string of the molecule is CO[C@@](O)([C@H](O)CO)[C@@H]1OC(O)(C(=O)O)C[C@@](O)(OC)[C@H]1NC(C)=O. The molecule has 0 radical (unpaired) electrons. The van der Waals surface area contributed by atoms with Crippen LogP contribution in [0.15, 0.2) is 0 Å². The van der Waals surface area contributed by atoms with E-state index < -0.39 is 60.5 Å². The molecule has 7 N–H and O–H groups in total. The van der Waals surface area contributed by atoms with Crippen molar-refractivity contribution in [2.75, 3.05) is 20.8 Å². The molecule has 1 aliphatic rings. The number of carbonyl (C=O) groups excluding carboxylic acids is 1. The second-order valence-electron chi connectivity index (χ2n) is 5.69. The smallest absolute Gasteiger partial charge is 0.364 e. The van der Waals surface area contributed by atoms with Crippen molar-refractivity contribution in [3.8, 4) is 0 Å². The first-order valence-corrected chi connectivity index (χ1v) is 7.15. The predicted molar refractivity (Wildman–Crippen MR) is 76.7 cm³/mol. The number of aliphatic hydroxyl groups excluding tert-OH is 2. The van der Waals surface area contributed by atoms with Crippen molar-refractivity contribution >= 4 is 11.9 Å². The fourth-order valence-corrected chi connectivity index (χ4v) is 2.64. The first-order chi connectivity index (χ1) is 11.4. The van der Waals surface area contributed by atoms with Crippen LogP contribution in [0.3, 0.4) is 0 Å². The van der Waals surface area contributed by atoms with E-state index in [4.69, 9.17) is 19.3 Å². The van der Waals surface area contributed by atoms with Crippen molar-refractivity contribution in [2.24, 2.45) is 0 Å². The van der Waals surface area contributed by atoms with Gasteiger partial charge in [0.2, 0.25) is 11.7 Å². The van der Waals surface area contributed by atoms with Crippen molar-refractivity contribution in [1.29, 1.82) is 0 Å². The summed E-state index contributed by atoms with van der Waals surface area (Å²) in [5, 5.41) is 61.7. The summed E-state index contributed by atoms with van der Waals surface area (Å²) in [7, 11) is 1.86. The Morgan fingerprint density at radius 1 is 1.40 bits per heavy atom. The second kappa shape index (κ2) is 7.47. The Morgan fingerprint density at radius 3 is 2.32 bits per heavy atom. The first kappa shape index (κ1) is 21.7. The Labute approximate surface area is 142 Å². The van der Waals surface area contributed by atoms with Gasteiger partial charge >= 0.3 is 5.97 Å². The minimum absolute atomic E-state index is 0.730. The molecule has 0 aromatic carbocycles. The van der Waals surface area contributed by atoms with E-state index in [1.807, 2.05) is 0 Å². The van der Waals surface area contributed by atoms with Gasteiger partial charge in [-0.25, -0.2) is 4.79 Å². The first-order valence-electron chi connectivity index (χ1n) is 7.15. The second-order valence-corrected chi connectivity index (χ2v) is 5.69. The van der Waals surface area contributed by atoms with Crippen LogP contribution in [0.2, 0.25) is 0 Å². The number of nitrogens with one attached hydrogen (secondary N) is 1. The van der Waals surface area contributed by atoms with Crippen LogP contribution in [0.1, 0.15) is 13.3 Å². The lowest BCUT2D eigenvalue weighted by molar-refractivity contribution is -0.401. The van der Waals surface area contributed by atoms with Gasteiger partial charge in [0.05, 0.1) is 13.0 Å². The van der Waals surface area contributed by atoms with Crippen molar-refractivity contribution in [2.45, 2.75) is 49.0 Å². The monoisotopic (exact) mass is 369 g/mol. The van der Waals surface area contributed by atoms with Gasteiger partial charge in [-0.05, 0) is 0 Å². The lowest BCUT2D eigenvalue weighted by Crippen LogP contribution is -2.76. The third-order valence-electron chi connectivity index (χ3n) is 4.04. The molecule has 0 bridgehead atoms. The van der Waals surface area contributed by atoms with Gasteiger partial charge in [0.25, 0.3) is 5.79 Å². The number of carbonyl (C=O) groups is 2. The molecule has 1 heterocycles. The van der Waals surface area contributed by atoms with Crippen LogP contribution in [0.5, 0.6) is 0 Å². The molecule has 12 nitrogen and oxygen atoms in total. The minimum Gasteiger partial charge on any atom is -0.477 e. The molecule has 1 amide bonds. The van der Waals surface area contributed by atoms with E-state index in [1.165, 1.54) is 0 Å². The quantitative estimate of drug-likeness (QED) is 0.217. The highest BCUT2D eigenvalue weighted by molar-refractivity contribution is 5.76. The van der Waals surface area contributed by atoms with Gasteiger partial charge in [-0.1, -0.05) is 0 Å². The molecule has 0 spiro atoms. The van der Waals surface area contributed by atoms with E-state index in [1.54, 1.807) is 0 Å².